The third-order valence-electron chi connectivity index (χ3n) is 2.79. The lowest BCUT2D eigenvalue weighted by atomic mass is 10.2. The lowest BCUT2D eigenvalue weighted by Crippen LogP contribution is -2.45. The fourth-order valence-electron chi connectivity index (χ4n) is 1.72. The molecule has 1 aromatic carbocycles. The molecule has 1 atom stereocenters. The number of nitrogens with one attached hydrogen (secondary N) is 4. The molecule has 0 heterocycles. The Bertz CT molecular complexity index is 545. The van der Waals surface area contributed by atoms with Gasteiger partial charge in [-0.1, -0.05) is 0 Å². The summed E-state index contributed by atoms with van der Waals surface area (Å²) in [5, 5.41) is 10.3. The predicted molar refractivity (Wildman–Crippen MR) is 87.2 cm³/mol. The molecule has 126 valence electrons. The van der Waals surface area contributed by atoms with Crippen molar-refractivity contribution in [1.82, 2.24) is 10.6 Å². The molecule has 0 aliphatic rings. The summed E-state index contributed by atoms with van der Waals surface area (Å²) < 4.78 is 4.73. The molecular weight excluding hydrogens is 300 g/mol. The molecule has 4 amide bonds. The molecule has 8 nitrogen and oxygen atoms in total. The van der Waals surface area contributed by atoms with Gasteiger partial charge in [0.25, 0.3) is 0 Å². The number of urea groups is 1. The molecule has 0 spiro atoms. The molecule has 1 rings (SSSR count). The molecule has 0 aromatic heterocycles. The smallest absolute Gasteiger partial charge is 0.321 e. The zero-order valence-electron chi connectivity index (χ0n) is 13.4. The van der Waals surface area contributed by atoms with Crippen molar-refractivity contribution in [2.45, 2.75) is 19.9 Å². The molecule has 8 heteroatoms. The highest BCUT2D eigenvalue weighted by Crippen LogP contribution is 2.14. The van der Waals surface area contributed by atoms with Gasteiger partial charge in [0.05, 0.1) is 0 Å². The van der Waals surface area contributed by atoms with Gasteiger partial charge in [-0.25, -0.2) is 4.79 Å². The predicted octanol–water partition coefficient (Wildman–Crippen LogP) is 0.918. The summed E-state index contributed by atoms with van der Waals surface area (Å²) >= 11 is 0. The van der Waals surface area contributed by atoms with Gasteiger partial charge >= 0.3 is 6.03 Å². The van der Waals surface area contributed by atoms with E-state index < -0.39 is 18.0 Å². The summed E-state index contributed by atoms with van der Waals surface area (Å²) in [5.41, 5.74) is 1.31. The van der Waals surface area contributed by atoms with Crippen molar-refractivity contribution in [3.63, 3.8) is 0 Å². The summed E-state index contributed by atoms with van der Waals surface area (Å²) in [5.74, 6) is -0.684. The van der Waals surface area contributed by atoms with Crippen LogP contribution in [0.15, 0.2) is 24.3 Å². The first kappa shape index (κ1) is 18.4. The zero-order chi connectivity index (χ0) is 17.2. The second-order valence-corrected chi connectivity index (χ2v) is 4.77. The summed E-state index contributed by atoms with van der Waals surface area (Å²) in [7, 11) is 1.44. The number of anilines is 2. The van der Waals surface area contributed by atoms with Crippen LogP contribution in [0, 0.1) is 0 Å². The molecule has 0 saturated heterocycles. The maximum Gasteiger partial charge on any atom is 0.321 e. The average Bonchev–Trinajstić information content (AvgIpc) is 2.49. The molecule has 0 bridgehead atoms. The van der Waals surface area contributed by atoms with E-state index in [1.807, 2.05) is 0 Å². The van der Waals surface area contributed by atoms with E-state index in [2.05, 4.69) is 21.3 Å². The number of ether oxygens (including phenoxy) is 1. The Morgan fingerprint density at radius 3 is 2.30 bits per heavy atom. The number of amides is 4. The summed E-state index contributed by atoms with van der Waals surface area (Å²) in [6.45, 7) is 3.83. The van der Waals surface area contributed by atoms with Crippen molar-refractivity contribution >= 4 is 29.2 Å². The highest BCUT2D eigenvalue weighted by molar-refractivity contribution is 5.98. The van der Waals surface area contributed by atoms with E-state index in [1.165, 1.54) is 7.11 Å². The normalized spacial score (nSPS) is 11.3. The van der Waals surface area contributed by atoms with Crippen LogP contribution in [-0.2, 0) is 14.3 Å². The van der Waals surface area contributed by atoms with Crippen LogP contribution in [0.3, 0.4) is 0 Å². The SMILES string of the molecule is CCNC(=O)NC(=O)C(C)Nc1ccc(NC(=O)COC)cc1. The number of imide groups is 1. The third kappa shape index (κ3) is 6.79. The highest BCUT2D eigenvalue weighted by atomic mass is 16.5. The van der Waals surface area contributed by atoms with Crippen molar-refractivity contribution in [2.75, 3.05) is 30.9 Å². The number of hydrogen-bond donors (Lipinski definition) is 4. The van der Waals surface area contributed by atoms with E-state index in [0.29, 0.717) is 17.9 Å². The summed E-state index contributed by atoms with van der Waals surface area (Å²) in [6.07, 6.45) is 0. The van der Waals surface area contributed by atoms with E-state index in [-0.39, 0.29) is 12.5 Å². The fourth-order valence-corrected chi connectivity index (χ4v) is 1.72. The van der Waals surface area contributed by atoms with Crippen LogP contribution in [0.25, 0.3) is 0 Å². The fraction of sp³-hybridized carbons (Fsp3) is 0.400. The number of hydrogen-bond acceptors (Lipinski definition) is 5. The highest BCUT2D eigenvalue weighted by Gasteiger charge is 2.15. The average molecular weight is 322 g/mol. The van der Waals surface area contributed by atoms with Crippen LogP contribution >= 0.6 is 0 Å². The standard InChI is InChI=1S/C15H22N4O4/c1-4-16-15(22)19-14(21)10(2)17-11-5-7-12(8-6-11)18-13(20)9-23-3/h5-8,10,17H,4,9H2,1-3H3,(H,18,20)(H2,16,19,21,22). The van der Waals surface area contributed by atoms with E-state index in [4.69, 9.17) is 4.74 Å². The van der Waals surface area contributed by atoms with E-state index in [9.17, 15) is 14.4 Å². The van der Waals surface area contributed by atoms with Crippen LogP contribution in [0.5, 0.6) is 0 Å². The zero-order valence-corrected chi connectivity index (χ0v) is 13.4. The molecule has 23 heavy (non-hydrogen) atoms. The minimum atomic E-state index is -0.591. The van der Waals surface area contributed by atoms with Gasteiger partial charge in [0, 0.05) is 25.0 Å². The van der Waals surface area contributed by atoms with E-state index >= 15 is 0 Å². The molecule has 0 aliphatic heterocycles. The first-order chi connectivity index (χ1) is 11.0. The Labute approximate surface area is 135 Å². The Kier molecular flexibility index (Phi) is 7.55. The largest absolute Gasteiger partial charge is 0.375 e. The lowest BCUT2D eigenvalue weighted by molar-refractivity contribution is -0.120. The van der Waals surface area contributed by atoms with Gasteiger partial charge in [0.15, 0.2) is 0 Å². The quantitative estimate of drug-likeness (QED) is 0.597. The van der Waals surface area contributed by atoms with Gasteiger partial charge in [-0.3, -0.25) is 14.9 Å². The van der Waals surface area contributed by atoms with Crippen molar-refractivity contribution < 1.29 is 19.1 Å². The topological polar surface area (TPSA) is 109 Å². The number of methoxy groups -OCH3 is 1. The third-order valence-corrected chi connectivity index (χ3v) is 2.79. The van der Waals surface area contributed by atoms with Crippen LogP contribution in [-0.4, -0.2) is 44.1 Å². The lowest BCUT2D eigenvalue weighted by Gasteiger charge is -2.15. The Morgan fingerprint density at radius 2 is 1.74 bits per heavy atom. The minimum absolute atomic E-state index is 0.0168. The molecular formula is C15H22N4O4. The van der Waals surface area contributed by atoms with Crippen molar-refractivity contribution in [3.05, 3.63) is 24.3 Å². The Hall–Kier alpha value is -2.61. The maximum atomic E-state index is 11.8. The van der Waals surface area contributed by atoms with E-state index in [0.717, 1.165) is 0 Å². The number of rotatable bonds is 7. The summed E-state index contributed by atoms with van der Waals surface area (Å²) in [4.78, 5) is 34.5. The maximum absolute atomic E-state index is 11.8. The van der Waals surface area contributed by atoms with Crippen LogP contribution < -0.4 is 21.3 Å². The Balaban J connectivity index is 2.52. The van der Waals surface area contributed by atoms with Gasteiger partial charge < -0.3 is 20.7 Å². The van der Waals surface area contributed by atoms with Gasteiger partial charge in [-0.15, -0.1) is 0 Å². The number of benzene rings is 1. The van der Waals surface area contributed by atoms with Gasteiger partial charge in [-0.2, -0.15) is 0 Å². The van der Waals surface area contributed by atoms with Crippen molar-refractivity contribution in [1.29, 1.82) is 0 Å². The molecule has 1 unspecified atom stereocenters. The molecule has 1 aromatic rings. The Morgan fingerprint density at radius 1 is 1.13 bits per heavy atom. The molecule has 0 saturated carbocycles. The van der Waals surface area contributed by atoms with Crippen LogP contribution in [0.2, 0.25) is 0 Å². The minimum Gasteiger partial charge on any atom is -0.375 e. The van der Waals surface area contributed by atoms with Gasteiger partial charge in [-0.05, 0) is 38.1 Å². The van der Waals surface area contributed by atoms with Crippen molar-refractivity contribution in [2.24, 2.45) is 0 Å². The number of carbonyl (C=O) groups excluding carboxylic acids is 3. The van der Waals surface area contributed by atoms with Gasteiger partial charge in [0.2, 0.25) is 11.8 Å². The van der Waals surface area contributed by atoms with Gasteiger partial charge in [0.1, 0.15) is 12.6 Å². The van der Waals surface area contributed by atoms with Crippen LogP contribution in [0.1, 0.15) is 13.8 Å². The molecule has 4 N–H and O–H groups in total. The molecule has 0 aliphatic carbocycles. The second kappa shape index (κ2) is 9.42. The molecule has 0 radical (unpaired) electrons. The van der Waals surface area contributed by atoms with E-state index in [1.54, 1.807) is 38.1 Å². The summed E-state index contributed by atoms with van der Waals surface area (Å²) in [6, 6.07) is 5.72. The van der Waals surface area contributed by atoms with Crippen LogP contribution in [0.4, 0.5) is 16.2 Å². The second-order valence-electron chi connectivity index (χ2n) is 4.77. The first-order valence-corrected chi connectivity index (χ1v) is 7.20. The van der Waals surface area contributed by atoms with Crippen molar-refractivity contribution in [3.8, 4) is 0 Å². The number of carbonyl (C=O) groups is 3. The monoisotopic (exact) mass is 322 g/mol. The first-order valence-electron chi connectivity index (χ1n) is 7.20. The molecule has 0 fully saturated rings.